The lowest BCUT2D eigenvalue weighted by Gasteiger charge is -2.21. The van der Waals surface area contributed by atoms with Gasteiger partial charge < -0.3 is 10.1 Å². The maximum absolute atomic E-state index is 14.5. The number of methoxy groups -OCH3 is 1. The monoisotopic (exact) mass is 291 g/mol. The molecule has 0 saturated carbocycles. The van der Waals surface area contributed by atoms with Gasteiger partial charge in [0, 0.05) is 5.56 Å². The first-order valence-corrected chi connectivity index (χ1v) is 6.90. The molecule has 2 aromatic rings. The number of halogens is 2. The van der Waals surface area contributed by atoms with Crippen molar-refractivity contribution in [2.75, 3.05) is 13.7 Å². The smallest absolute Gasteiger partial charge is 0.170 e. The van der Waals surface area contributed by atoms with Crippen LogP contribution in [0.5, 0.6) is 5.75 Å². The van der Waals surface area contributed by atoms with Crippen molar-refractivity contribution in [3.63, 3.8) is 0 Å². The fourth-order valence-corrected chi connectivity index (χ4v) is 2.37. The van der Waals surface area contributed by atoms with E-state index in [1.54, 1.807) is 37.3 Å². The Bertz CT molecular complexity index is 628. The lowest BCUT2D eigenvalue weighted by atomic mass is 9.96. The molecule has 0 saturated heterocycles. The predicted octanol–water partition coefficient (Wildman–Crippen LogP) is 3.98. The van der Waals surface area contributed by atoms with Crippen LogP contribution in [0.25, 0.3) is 0 Å². The van der Waals surface area contributed by atoms with Crippen molar-refractivity contribution in [1.82, 2.24) is 5.32 Å². The summed E-state index contributed by atoms with van der Waals surface area (Å²) in [7, 11) is 1.44. The molecule has 0 fully saturated rings. The molecular formula is C17H19F2NO. The van der Waals surface area contributed by atoms with E-state index in [1.807, 2.05) is 6.92 Å². The third kappa shape index (κ3) is 3.22. The summed E-state index contributed by atoms with van der Waals surface area (Å²) in [5.74, 6) is -0.456. The van der Waals surface area contributed by atoms with E-state index in [1.165, 1.54) is 13.2 Å². The molecule has 0 bridgehead atoms. The van der Waals surface area contributed by atoms with Crippen LogP contribution in [0.4, 0.5) is 8.78 Å². The van der Waals surface area contributed by atoms with Gasteiger partial charge in [0.15, 0.2) is 11.6 Å². The molecule has 21 heavy (non-hydrogen) atoms. The van der Waals surface area contributed by atoms with Gasteiger partial charge in [-0.2, -0.15) is 0 Å². The molecule has 0 aliphatic heterocycles. The highest BCUT2D eigenvalue weighted by atomic mass is 19.1. The van der Waals surface area contributed by atoms with E-state index >= 15 is 0 Å². The molecule has 0 amide bonds. The van der Waals surface area contributed by atoms with Crippen LogP contribution in [0.2, 0.25) is 0 Å². The third-order valence-electron chi connectivity index (χ3n) is 3.45. The molecule has 112 valence electrons. The normalized spacial score (nSPS) is 12.2. The summed E-state index contributed by atoms with van der Waals surface area (Å²) in [6.45, 7) is 4.31. The van der Waals surface area contributed by atoms with Gasteiger partial charge in [-0.15, -0.1) is 0 Å². The third-order valence-corrected chi connectivity index (χ3v) is 3.45. The highest BCUT2D eigenvalue weighted by Gasteiger charge is 2.20. The Labute approximate surface area is 123 Å². The Balaban J connectivity index is 2.50. The average molecular weight is 291 g/mol. The molecule has 4 heteroatoms. The zero-order chi connectivity index (χ0) is 15.4. The molecule has 0 heterocycles. The summed E-state index contributed by atoms with van der Waals surface area (Å²) in [4.78, 5) is 0. The topological polar surface area (TPSA) is 21.3 Å². The van der Waals surface area contributed by atoms with Crippen molar-refractivity contribution in [1.29, 1.82) is 0 Å². The van der Waals surface area contributed by atoms with E-state index in [4.69, 9.17) is 4.74 Å². The number of aryl methyl sites for hydroxylation is 1. The SMILES string of the molecule is CCNC(c1ccc(F)c(C)c1)c1cccc(OC)c1F. The zero-order valence-corrected chi connectivity index (χ0v) is 12.4. The minimum atomic E-state index is -0.395. The second-order valence-electron chi connectivity index (χ2n) is 4.86. The largest absolute Gasteiger partial charge is 0.494 e. The van der Waals surface area contributed by atoms with Crippen LogP contribution in [-0.2, 0) is 0 Å². The number of rotatable bonds is 5. The Hall–Kier alpha value is -1.94. The summed E-state index contributed by atoms with van der Waals surface area (Å²) >= 11 is 0. The standard InChI is InChI=1S/C17H19F2NO/c1-4-20-17(12-8-9-14(18)11(2)10-12)13-6-5-7-15(21-3)16(13)19/h5-10,17,20H,4H2,1-3H3. The fourth-order valence-electron chi connectivity index (χ4n) is 2.37. The Morgan fingerprint density at radius 2 is 1.95 bits per heavy atom. The molecule has 2 nitrogen and oxygen atoms in total. The van der Waals surface area contributed by atoms with Gasteiger partial charge in [0.25, 0.3) is 0 Å². The van der Waals surface area contributed by atoms with Crippen molar-refractivity contribution >= 4 is 0 Å². The fraction of sp³-hybridized carbons (Fsp3) is 0.294. The maximum Gasteiger partial charge on any atom is 0.170 e. The lowest BCUT2D eigenvalue weighted by Crippen LogP contribution is -2.23. The van der Waals surface area contributed by atoms with E-state index in [9.17, 15) is 8.78 Å². The van der Waals surface area contributed by atoms with Crippen molar-refractivity contribution in [3.05, 3.63) is 64.7 Å². The molecule has 1 N–H and O–H groups in total. The number of benzene rings is 2. The van der Waals surface area contributed by atoms with Crippen molar-refractivity contribution in [2.24, 2.45) is 0 Å². The molecule has 0 aliphatic rings. The summed E-state index contributed by atoms with van der Waals surface area (Å²) in [6.07, 6.45) is 0. The molecule has 1 unspecified atom stereocenters. The van der Waals surface area contributed by atoms with Gasteiger partial charge in [-0.3, -0.25) is 0 Å². The second-order valence-corrected chi connectivity index (χ2v) is 4.86. The number of hydrogen-bond donors (Lipinski definition) is 1. The first-order chi connectivity index (χ1) is 10.1. The van der Waals surface area contributed by atoms with Gasteiger partial charge in [0.1, 0.15) is 5.82 Å². The number of hydrogen-bond acceptors (Lipinski definition) is 2. The van der Waals surface area contributed by atoms with E-state index in [2.05, 4.69) is 5.32 Å². The summed E-state index contributed by atoms with van der Waals surface area (Å²) < 4.78 is 32.9. The Morgan fingerprint density at radius 3 is 2.57 bits per heavy atom. The van der Waals surface area contributed by atoms with E-state index < -0.39 is 5.82 Å². The van der Waals surface area contributed by atoms with Crippen molar-refractivity contribution in [3.8, 4) is 5.75 Å². The van der Waals surface area contributed by atoms with Gasteiger partial charge in [-0.05, 0) is 36.7 Å². The van der Waals surface area contributed by atoms with Gasteiger partial charge in [0.05, 0.1) is 13.2 Å². The molecule has 2 rings (SSSR count). The van der Waals surface area contributed by atoms with Gasteiger partial charge in [-0.25, -0.2) is 8.78 Å². The minimum Gasteiger partial charge on any atom is -0.494 e. The van der Waals surface area contributed by atoms with Crippen LogP contribution in [0.15, 0.2) is 36.4 Å². The highest BCUT2D eigenvalue weighted by Crippen LogP contribution is 2.30. The predicted molar refractivity (Wildman–Crippen MR) is 79.6 cm³/mol. The maximum atomic E-state index is 14.5. The van der Waals surface area contributed by atoms with E-state index in [-0.39, 0.29) is 17.6 Å². The quantitative estimate of drug-likeness (QED) is 0.899. The van der Waals surface area contributed by atoms with Gasteiger partial charge in [0.2, 0.25) is 0 Å². The molecule has 2 aromatic carbocycles. The first-order valence-electron chi connectivity index (χ1n) is 6.90. The molecular weight excluding hydrogens is 272 g/mol. The van der Waals surface area contributed by atoms with Crippen LogP contribution in [-0.4, -0.2) is 13.7 Å². The van der Waals surface area contributed by atoms with E-state index in [0.29, 0.717) is 17.7 Å². The molecule has 0 aromatic heterocycles. The summed E-state index contributed by atoms with van der Waals surface area (Å²) in [6, 6.07) is 9.52. The Kier molecular flexibility index (Phi) is 4.91. The van der Waals surface area contributed by atoms with Crippen molar-refractivity contribution < 1.29 is 13.5 Å². The lowest BCUT2D eigenvalue weighted by molar-refractivity contribution is 0.381. The molecule has 0 aliphatic carbocycles. The number of nitrogens with one attached hydrogen (secondary N) is 1. The van der Waals surface area contributed by atoms with Crippen LogP contribution >= 0.6 is 0 Å². The van der Waals surface area contributed by atoms with Crippen LogP contribution in [0.1, 0.15) is 29.7 Å². The number of ether oxygens (including phenoxy) is 1. The van der Waals surface area contributed by atoms with Gasteiger partial charge >= 0.3 is 0 Å². The average Bonchev–Trinajstić information content (AvgIpc) is 2.48. The molecule has 0 spiro atoms. The second kappa shape index (κ2) is 6.68. The van der Waals surface area contributed by atoms with Crippen LogP contribution in [0.3, 0.4) is 0 Å². The van der Waals surface area contributed by atoms with Crippen LogP contribution < -0.4 is 10.1 Å². The van der Waals surface area contributed by atoms with Gasteiger partial charge in [-0.1, -0.05) is 31.2 Å². The minimum absolute atomic E-state index is 0.203. The highest BCUT2D eigenvalue weighted by molar-refractivity contribution is 5.39. The summed E-state index contributed by atoms with van der Waals surface area (Å²) in [5.41, 5.74) is 1.85. The zero-order valence-electron chi connectivity index (χ0n) is 12.4. The Morgan fingerprint density at radius 1 is 1.19 bits per heavy atom. The summed E-state index contributed by atoms with van der Waals surface area (Å²) in [5, 5.41) is 3.24. The van der Waals surface area contributed by atoms with Crippen molar-refractivity contribution in [2.45, 2.75) is 19.9 Å². The molecule has 1 atom stereocenters. The van der Waals surface area contributed by atoms with E-state index in [0.717, 1.165) is 5.56 Å². The first kappa shape index (κ1) is 15.4. The molecule has 0 radical (unpaired) electrons. The van der Waals surface area contributed by atoms with Crippen LogP contribution in [0, 0.1) is 18.6 Å².